The summed E-state index contributed by atoms with van der Waals surface area (Å²) in [5.74, 6) is 0.129. The first kappa shape index (κ1) is 24.1. The van der Waals surface area contributed by atoms with Gasteiger partial charge in [0.2, 0.25) is 5.88 Å². The lowest BCUT2D eigenvalue weighted by Crippen LogP contribution is -2.32. The second-order valence-corrected chi connectivity index (χ2v) is 9.04. The maximum absolute atomic E-state index is 14.3. The number of benzene rings is 2. The predicted molar refractivity (Wildman–Crippen MR) is 148 cm³/mol. The number of aromatic nitrogens is 5. The van der Waals surface area contributed by atoms with Crippen LogP contribution in [0, 0.1) is 0 Å². The first-order valence-electron chi connectivity index (χ1n) is 12.4. The molecule has 1 amide bonds. The number of ether oxygens (including phenoxy) is 1. The number of methoxy groups -OCH3 is 1. The van der Waals surface area contributed by atoms with Gasteiger partial charge in [-0.05, 0) is 53.8 Å². The van der Waals surface area contributed by atoms with Gasteiger partial charge in [0.05, 0.1) is 24.7 Å². The number of nitrogens with zero attached hydrogens (tertiary/aromatic N) is 5. The van der Waals surface area contributed by atoms with Crippen LogP contribution in [-0.4, -0.2) is 37.2 Å². The molecule has 0 aliphatic rings. The molecule has 0 saturated carbocycles. The van der Waals surface area contributed by atoms with Gasteiger partial charge in [0.15, 0.2) is 5.65 Å². The van der Waals surface area contributed by atoms with Crippen LogP contribution in [0.2, 0.25) is 0 Å². The molecule has 0 aliphatic carbocycles. The molecule has 0 fully saturated rings. The van der Waals surface area contributed by atoms with Crippen LogP contribution in [0.5, 0.6) is 5.88 Å². The van der Waals surface area contributed by atoms with Gasteiger partial charge in [-0.2, -0.15) is 5.10 Å². The number of pyridine rings is 2. The summed E-state index contributed by atoms with van der Waals surface area (Å²) in [6, 6.07) is 22.0. The molecule has 0 bridgehead atoms. The number of carbonyl (C=O) groups is 1. The molecule has 4 aromatic heterocycles. The van der Waals surface area contributed by atoms with Crippen molar-refractivity contribution in [3.8, 4) is 22.7 Å². The summed E-state index contributed by atoms with van der Waals surface area (Å²) < 4.78 is 8.51. The molecule has 6 rings (SSSR count). The molecule has 39 heavy (non-hydrogen) atoms. The Labute approximate surface area is 223 Å². The van der Waals surface area contributed by atoms with Gasteiger partial charge in [-0.25, -0.2) is 14.5 Å². The zero-order chi connectivity index (χ0) is 26.9. The third kappa shape index (κ3) is 4.29. The lowest BCUT2D eigenvalue weighted by atomic mass is 9.98. The lowest BCUT2D eigenvalue weighted by molar-refractivity contribution is 0.0940. The van der Waals surface area contributed by atoms with Gasteiger partial charge in [0.1, 0.15) is 5.56 Å². The number of carbonyl (C=O) groups excluding carboxylic acids is 1. The highest BCUT2D eigenvalue weighted by atomic mass is 16.5. The molecule has 0 spiro atoms. The zero-order valence-electron chi connectivity index (χ0n) is 21.3. The largest absolute Gasteiger partial charge is 0.481 e. The molecule has 0 aliphatic heterocycles. The minimum absolute atomic E-state index is 0.196. The van der Waals surface area contributed by atoms with E-state index in [1.54, 1.807) is 40.8 Å². The third-order valence-corrected chi connectivity index (χ3v) is 6.66. The quantitative estimate of drug-likeness (QED) is 0.347. The van der Waals surface area contributed by atoms with E-state index in [0.29, 0.717) is 33.9 Å². The van der Waals surface area contributed by atoms with Crippen molar-refractivity contribution in [2.45, 2.75) is 13.0 Å². The predicted octanol–water partition coefficient (Wildman–Crippen LogP) is 4.60. The summed E-state index contributed by atoms with van der Waals surface area (Å²) in [5.41, 5.74) is 3.53. The fourth-order valence-electron chi connectivity index (χ4n) is 4.81. The van der Waals surface area contributed by atoms with Gasteiger partial charge in [0, 0.05) is 36.0 Å². The average Bonchev–Trinajstić information content (AvgIpc) is 3.41. The van der Waals surface area contributed by atoms with E-state index < -0.39 is 6.04 Å². The molecule has 4 heterocycles. The summed E-state index contributed by atoms with van der Waals surface area (Å²) in [7, 11) is 1.56. The van der Waals surface area contributed by atoms with E-state index in [1.165, 1.54) is 6.20 Å². The highest BCUT2D eigenvalue weighted by Crippen LogP contribution is 2.30. The average molecular weight is 517 g/mol. The molecule has 6 aromatic rings. The lowest BCUT2D eigenvalue weighted by Gasteiger charge is -2.21. The van der Waals surface area contributed by atoms with Crippen molar-refractivity contribution in [1.82, 2.24) is 29.5 Å². The van der Waals surface area contributed by atoms with Gasteiger partial charge in [-0.3, -0.25) is 14.2 Å². The molecule has 1 N–H and O–H groups in total. The number of hydrogen-bond acceptors (Lipinski definition) is 6. The topological polar surface area (TPSA) is 103 Å². The molecule has 9 nitrogen and oxygen atoms in total. The van der Waals surface area contributed by atoms with Crippen molar-refractivity contribution in [2.24, 2.45) is 0 Å². The minimum atomic E-state index is -0.516. The number of para-hydroxylation sites is 1. The van der Waals surface area contributed by atoms with Crippen LogP contribution < -0.4 is 15.6 Å². The Balaban J connectivity index is 1.51. The summed E-state index contributed by atoms with van der Waals surface area (Å²) in [6.45, 7) is 1.86. The van der Waals surface area contributed by atoms with Crippen LogP contribution in [0.25, 0.3) is 33.2 Å². The first-order valence-corrected chi connectivity index (χ1v) is 12.4. The monoisotopic (exact) mass is 516 g/mol. The van der Waals surface area contributed by atoms with E-state index in [4.69, 9.17) is 4.74 Å². The molecule has 9 heteroatoms. The molecular weight excluding hydrogens is 492 g/mol. The van der Waals surface area contributed by atoms with Crippen molar-refractivity contribution < 1.29 is 9.53 Å². The molecule has 0 unspecified atom stereocenters. The Bertz CT molecular complexity index is 1890. The van der Waals surface area contributed by atoms with Crippen LogP contribution >= 0.6 is 0 Å². The number of amides is 1. The fourth-order valence-corrected chi connectivity index (χ4v) is 4.81. The van der Waals surface area contributed by atoms with E-state index in [-0.39, 0.29) is 11.5 Å². The molecule has 192 valence electrons. The van der Waals surface area contributed by atoms with Crippen molar-refractivity contribution in [2.75, 3.05) is 7.11 Å². The summed E-state index contributed by atoms with van der Waals surface area (Å²) in [4.78, 5) is 36.0. The van der Waals surface area contributed by atoms with E-state index in [0.717, 1.165) is 16.5 Å². The Kier molecular flexibility index (Phi) is 6.08. The van der Waals surface area contributed by atoms with Gasteiger partial charge in [-0.15, -0.1) is 0 Å². The van der Waals surface area contributed by atoms with Gasteiger partial charge < -0.3 is 10.1 Å². The number of fused-ring (bicyclic) bond motifs is 2. The van der Waals surface area contributed by atoms with Gasteiger partial charge >= 0.3 is 0 Å². The summed E-state index contributed by atoms with van der Waals surface area (Å²) in [5, 5.41) is 8.57. The smallest absolute Gasteiger partial charge is 0.263 e. The number of nitrogens with one attached hydrogen (secondary N) is 1. The van der Waals surface area contributed by atoms with Crippen molar-refractivity contribution in [3.05, 3.63) is 119 Å². The number of rotatable bonds is 6. The van der Waals surface area contributed by atoms with E-state index in [1.807, 2.05) is 73.7 Å². The van der Waals surface area contributed by atoms with Crippen molar-refractivity contribution in [3.63, 3.8) is 0 Å². The van der Waals surface area contributed by atoms with Gasteiger partial charge in [-0.1, -0.05) is 36.4 Å². The van der Waals surface area contributed by atoms with Crippen LogP contribution in [0.4, 0.5) is 0 Å². The molecule has 0 saturated heterocycles. The first-order chi connectivity index (χ1) is 19.0. The second-order valence-electron chi connectivity index (χ2n) is 9.04. The van der Waals surface area contributed by atoms with E-state index in [2.05, 4.69) is 20.4 Å². The fraction of sp³-hybridized carbons (Fsp3) is 0.100. The Hall–Kier alpha value is -5.31. The minimum Gasteiger partial charge on any atom is -0.481 e. The van der Waals surface area contributed by atoms with E-state index in [9.17, 15) is 9.59 Å². The maximum atomic E-state index is 14.3. The van der Waals surface area contributed by atoms with Crippen molar-refractivity contribution in [1.29, 1.82) is 0 Å². The maximum Gasteiger partial charge on any atom is 0.263 e. The highest BCUT2D eigenvalue weighted by Gasteiger charge is 2.22. The Morgan fingerprint density at radius 1 is 0.974 bits per heavy atom. The summed E-state index contributed by atoms with van der Waals surface area (Å²) in [6.07, 6.45) is 6.49. The Morgan fingerprint density at radius 2 is 1.82 bits per heavy atom. The number of hydrogen-bond donors (Lipinski definition) is 1. The van der Waals surface area contributed by atoms with Crippen LogP contribution in [0.15, 0.2) is 102 Å². The summed E-state index contributed by atoms with van der Waals surface area (Å²) >= 11 is 0. The van der Waals surface area contributed by atoms with E-state index >= 15 is 0 Å². The molecule has 0 radical (unpaired) electrons. The SMILES string of the molecule is COc1cc(-c2cccc3cc([C@H](C)NC(=O)c4cnn5cccnc45)n(-c4ccccc4)c(=O)c23)ccn1. The van der Waals surface area contributed by atoms with Crippen molar-refractivity contribution >= 4 is 22.3 Å². The van der Waals surface area contributed by atoms with Crippen LogP contribution in [0.3, 0.4) is 0 Å². The highest BCUT2D eigenvalue weighted by molar-refractivity contribution is 6.00. The van der Waals surface area contributed by atoms with Crippen LogP contribution in [0.1, 0.15) is 29.0 Å². The normalized spacial score (nSPS) is 11.9. The zero-order valence-corrected chi connectivity index (χ0v) is 21.3. The molecular formula is C30H24N6O3. The Morgan fingerprint density at radius 3 is 2.64 bits per heavy atom. The standard InChI is InChI=1S/C30H24N6O3/c1-19(34-29(37)24-18-33-35-15-7-13-32-28(24)35)25-16-21-8-6-11-23(20-12-14-31-26(17-20)39-2)27(21)30(38)36(25)22-9-4-3-5-10-22/h3-19H,1-2H3,(H,34,37)/t19-/m0/s1. The molecule has 2 aromatic carbocycles. The molecule has 1 atom stereocenters. The van der Waals surface area contributed by atoms with Gasteiger partial charge in [0.25, 0.3) is 11.5 Å². The second kappa shape index (κ2) is 9.86. The van der Waals surface area contributed by atoms with Crippen LogP contribution in [-0.2, 0) is 0 Å². The third-order valence-electron chi connectivity index (χ3n) is 6.66.